The molecule has 0 atom stereocenters. The molecule has 1 saturated heterocycles. The van der Waals surface area contributed by atoms with Crippen molar-refractivity contribution in [1.29, 1.82) is 0 Å². The van der Waals surface area contributed by atoms with Crippen LogP contribution in [0.4, 0.5) is 0 Å². The Balaban J connectivity index is 2.18. The van der Waals surface area contributed by atoms with Gasteiger partial charge < -0.3 is 15.3 Å². The highest BCUT2D eigenvalue weighted by Gasteiger charge is 2.31. The van der Waals surface area contributed by atoms with Crippen LogP contribution in [0.2, 0.25) is 0 Å². The molecule has 1 aromatic carbocycles. The first kappa shape index (κ1) is 18.0. The third-order valence-corrected chi connectivity index (χ3v) is 4.57. The SMILES string of the molecule is O=C(O)CCCN1C(=O)/C(=C/c2ccc(O)c(C(=O)O)c2)SC1=S. The molecule has 24 heavy (non-hydrogen) atoms. The molecule has 0 bridgehead atoms. The number of phenols is 1. The minimum Gasteiger partial charge on any atom is -0.507 e. The van der Waals surface area contributed by atoms with Gasteiger partial charge in [-0.05, 0) is 30.2 Å². The molecule has 0 aromatic heterocycles. The number of amides is 1. The van der Waals surface area contributed by atoms with Gasteiger partial charge in [0.15, 0.2) is 0 Å². The van der Waals surface area contributed by atoms with Gasteiger partial charge in [0.05, 0.1) is 4.91 Å². The highest BCUT2D eigenvalue weighted by molar-refractivity contribution is 8.26. The first-order valence-corrected chi connectivity index (χ1v) is 8.05. The van der Waals surface area contributed by atoms with Crippen molar-refractivity contribution in [1.82, 2.24) is 4.90 Å². The number of hydrogen-bond donors (Lipinski definition) is 3. The Labute approximate surface area is 146 Å². The van der Waals surface area contributed by atoms with E-state index in [4.69, 9.17) is 22.4 Å². The topological polar surface area (TPSA) is 115 Å². The largest absolute Gasteiger partial charge is 0.507 e. The van der Waals surface area contributed by atoms with E-state index in [9.17, 15) is 19.5 Å². The van der Waals surface area contributed by atoms with E-state index >= 15 is 0 Å². The number of rotatable bonds is 6. The molecule has 0 unspecified atom stereocenters. The van der Waals surface area contributed by atoms with Gasteiger partial charge in [-0.15, -0.1) is 0 Å². The maximum absolute atomic E-state index is 12.3. The number of thiocarbonyl (C=S) groups is 1. The summed E-state index contributed by atoms with van der Waals surface area (Å²) < 4.78 is 0.328. The lowest BCUT2D eigenvalue weighted by molar-refractivity contribution is -0.137. The summed E-state index contributed by atoms with van der Waals surface area (Å²) in [6.07, 6.45) is 1.72. The number of hydrogen-bond acceptors (Lipinski definition) is 6. The van der Waals surface area contributed by atoms with Crippen molar-refractivity contribution in [3.63, 3.8) is 0 Å². The van der Waals surface area contributed by atoms with E-state index in [1.54, 1.807) is 0 Å². The molecule has 1 aromatic rings. The van der Waals surface area contributed by atoms with E-state index in [2.05, 4.69) is 0 Å². The van der Waals surface area contributed by atoms with Gasteiger partial charge in [-0.2, -0.15) is 0 Å². The van der Waals surface area contributed by atoms with Crippen LogP contribution < -0.4 is 0 Å². The van der Waals surface area contributed by atoms with Crippen LogP contribution in [0, 0.1) is 0 Å². The van der Waals surface area contributed by atoms with E-state index in [0.717, 1.165) is 11.8 Å². The summed E-state index contributed by atoms with van der Waals surface area (Å²) in [4.78, 5) is 35.5. The van der Waals surface area contributed by atoms with Crippen molar-refractivity contribution in [2.24, 2.45) is 0 Å². The van der Waals surface area contributed by atoms with Gasteiger partial charge >= 0.3 is 11.9 Å². The molecule has 1 heterocycles. The molecule has 1 aliphatic rings. The van der Waals surface area contributed by atoms with E-state index in [1.807, 2.05) is 0 Å². The normalized spacial score (nSPS) is 16.0. The molecule has 3 N–H and O–H groups in total. The van der Waals surface area contributed by atoms with Crippen molar-refractivity contribution in [2.75, 3.05) is 6.54 Å². The Bertz CT molecular complexity index is 758. The molecule has 1 aliphatic heterocycles. The Morgan fingerprint density at radius 3 is 2.62 bits per heavy atom. The van der Waals surface area contributed by atoms with E-state index in [-0.39, 0.29) is 36.6 Å². The average molecular weight is 367 g/mol. The molecule has 0 saturated carbocycles. The van der Waals surface area contributed by atoms with Crippen molar-refractivity contribution in [2.45, 2.75) is 12.8 Å². The number of carboxylic acids is 2. The maximum atomic E-state index is 12.3. The van der Waals surface area contributed by atoms with Gasteiger partial charge in [0, 0.05) is 13.0 Å². The lowest BCUT2D eigenvalue weighted by Gasteiger charge is -2.13. The highest BCUT2D eigenvalue weighted by atomic mass is 32.2. The number of aromatic carboxylic acids is 1. The Morgan fingerprint density at radius 2 is 2.00 bits per heavy atom. The standard InChI is InChI=1S/C15H13NO6S2/c17-10-4-3-8(6-9(10)14(21)22)7-11-13(20)16(15(23)24-11)5-1-2-12(18)19/h3-4,6-7,17H,1-2,5H2,(H,18,19)(H,21,22)/b11-7-. The molecule has 0 spiro atoms. The third kappa shape index (κ3) is 4.12. The summed E-state index contributed by atoms with van der Waals surface area (Å²) in [6, 6.07) is 3.98. The van der Waals surface area contributed by atoms with Crippen molar-refractivity contribution < 1.29 is 29.7 Å². The van der Waals surface area contributed by atoms with Crippen LogP contribution in [0.1, 0.15) is 28.8 Å². The van der Waals surface area contributed by atoms with Gasteiger partial charge in [-0.25, -0.2) is 4.79 Å². The van der Waals surface area contributed by atoms with Crippen LogP contribution in [0.5, 0.6) is 5.75 Å². The zero-order valence-corrected chi connectivity index (χ0v) is 13.9. The van der Waals surface area contributed by atoms with E-state index < -0.39 is 11.9 Å². The minimum absolute atomic E-state index is 0.0595. The molecular formula is C15H13NO6S2. The Hall–Kier alpha value is -2.39. The molecule has 9 heteroatoms. The fourth-order valence-corrected chi connectivity index (χ4v) is 3.36. The fraction of sp³-hybridized carbons (Fsp3) is 0.200. The number of carbonyl (C=O) groups excluding carboxylic acids is 1. The number of carboxylic acid groups (broad SMARTS) is 2. The summed E-state index contributed by atoms with van der Waals surface area (Å²) in [5, 5.41) is 27.1. The fourth-order valence-electron chi connectivity index (χ4n) is 2.05. The second-order valence-electron chi connectivity index (χ2n) is 4.91. The number of benzene rings is 1. The monoisotopic (exact) mass is 367 g/mol. The quantitative estimate of drug-likeness (QED) is 0.517. The molecule has 2 rings (SSSR count). The summed E-state index contributed by atoms with van der Waals surface area (Å²) in [7, 11) is 0. The second-order valence-corrected chi connectivity index (χ2v) is 6.59. The van der Waals surface area contributed by atoms with E-state index in [0.29, 0.717) is 14.8 Å². The first-order chi connectivity index (χ1) is 11.3. The van der Waals surface area contributed by atoms with Crippen LogP contribution in [0.3, 0.4) is 0 Å². The number of carbonyl (C=O) groups is 3. The van der Waals surface area contributed by atoms with Crippen molar-refractivity contribution >= 4 is 52.2 Å². The van der Waals surface area contributed by atoms with Gasteiger partial charge in [0.25, 0.3) is 5.91 Å². The maximum Gasteiger partial charge on any atom is 0.339 e. The van der Waals surface area contributed by atoms with Gasteiger partial charge in [-0.1, -0.05) is 30.0 Å². The summed E-state index contributed by atoms with van der Waals surface area (Å²) in [5.41, 5.74) is 0.178. The van der Waals surface area contributed by atoms with Crippen LogP contribution >= 0.6 is 24.0 Å². The molecular weight excluding hydrogens is 354 g/mol. The van der Waals surface area contributed by atoms with Crippen LogP contribution in [-0.4, -0.2) is 48.9 Å². The zero-order chi connectivity index (χ0) is 17.9. The first-order valence-electron chi connectivity index (χ1n) is 6.83. The molecule has 7 nitrogen and oxygen atoms in total. The summed E-state index contributed by atoms with van der Waals surface area (Å²) in [5.74, 6) is -2.92. The predicted octanol–water partition coefficient (Wildman–Crippen LogP) is 2.16. The van der Waals surface area contributed by atoms with E-state index in [1.165, 1.54) is 29.2 Å². The van der Waals surface area contributed by atoms with Crippen LogP contribution in [-0.2, 0) is 9.59 Å². The third-order valence-electron chi connectivity index (χ3n) is 3.19. The Kier molecular flexibility index (Phi) is 5.58. The molecule has 1 amide bonds. The molecule has 0 aliphatic carbocycles. The number of thioether (sulfide) groups is 1. The van der Waals surface area contributed by atoms with Crippen molar-refractivity contribution in [3.05, 3.63) is 34.2 Å². The second kappa shape index (κ2) is 7.45. The predicted molar refractivity (Wildman–Crippen MR) is 91.8 cm³/mol. The van der Waals surface area contributed by atoms with Gasteiger partial charge in [-0.3, -0.25) is 14.5 Å². The Morgan fingerprint density at radius 1 is 1.29 bits per heavy atom. The summed E-state index contributed by atoms with van der Waals surface area (Å²) >= 11 is 6.19. The van der Waals surface area contributed by atoms with Gasteiger partial charge in [0.1, 0.15) is 15.6 Å². The minimum atomic E-state index is -1.27. The number of nitrogens with zero attached hydrogens (tertiary/aromatic N) is 1. The molecule has 1 fully saturated rings. The highest BCUT2D eigenvalue weighted by Crippen LogP contribution is 2.33. The number of aliphatic carboxylic acids is 1. The molecule has 126 valence electrons. The zero-order valence-electron chi connectivity index (χ0n) is 12.3. The average Bonchev–Trinajstić information content (AvgIpc) is 2.76. The summed E-state index contributed by atoms with van der Waals surface area (Å²) in [6.45, 7) is 0.213. The smallest absolute Gasteiger partial charge is 0.339 e. The number of aromatic hydroxyl groups is 1. The molecule has 0 radical (unpaired) electrons. The van der Waals surface area contributed by atoms with Gasteiger partial charge in [0.2, 0.25) is 0 Å². The van der Waals surface area contributed by atoms with Crippen LogP contribution in [0.15, 0.2) is 23.1 Å². The lowest BCUT2D eigenvalue weighted by Crippen LogP contribution is -2.29. The van der Waals surface area contributed by atoms with Crippen LogP contribution in [0.25, 0.3) is 6.08 Å². The van der Waals surface area contributed by atoms with Crippen molar-refractivity contribution in [3.8, 4) is 5.75 Å². The lowest BCUT2D eigenvalue weighted by atomic mass is 10.1.